The Morgan fingerprint density at radius 2 is 1.95 bits per heavy atom. The fraction of sp³-hybridized carbons (Fsp3) is 0.846. The lowest BCUT2D eigenvalue weighted by molar-refractivity contribution is 0.0174. The van der Waals surface area contributed by atoms with E-state index in [9.17, 15) is 9.59 Å². The summed E-state index contributed by atoms with van der Waals surface area (Å²) in [6, 6.07) is 0. The standard InChI is InChI=1S/C13H24N2O5/c1-12(2,3)20-11(18)15(7-8-19-4)9-13(5-6-13)14-10(16)17/h14H,5-9H2,1-4H3,(H,16,17). The molecule has 2 amide bonds. The number of ether oxygens (including phenoxy) is 2. The van der Waals surface area contributed by atoms with Gasteiger partial charge in [0.2, 0.25) is 0 Å². The number of methoxy groups -OCH3 is 1. The topological polar surface area (TPSA) is 88.1 Å². The molecule has 0 aromatic heterocycles. The molecular formula is C13H24N2O5. The molecule has 0 unspecified atom stereocenters. The second kappa shape index (κ2) is 6.30. The first kappa shape index (κ1) is 16.6. The number of carbonyl (C=O) groups is 2. The van der Waals surface area contributed by atoms with Crippen LogP contribution in [0.15, 0.2) is 0 Å². The van der Waals surface area contributed by atoms with Crippen molar-refractivity contribution < 1.29 is 24.2 Å². The molecule has 1 rings (SSSR count). The summed E-state index contributed by atoms with van der Waals surface area (Å²) in [5.41, 5.74) is -1.12. The fourth-order valence-electron chi connectivity index (χ4n) is 1.83. The van der Waals surface area contributed by atoms with Gasteiger partial charge >= 0.3 is 12.2 Å². The van der Waals surface area contributed by atoms with Gasteiger partial charge in [0, 0.05) is 20.2 Å². The van der Waals surface area contributed by atoms with E-state index in [1.807, 2.05) is 0 Å². The lowest BCUT2D eigenvalue weighted by Gasteiger charge is -2.30. The maximum Gasteiger partial charge on any atom is 0.410 e. The van der Waals surface area contributed by atoms with Crippen LogP contribution in [0.3, 0.4) is 0 Å². The highest BCUT2D eigenvalue weighted by Gasteiger charge is 2.46. The molecule has 0 aliphatic heterocycles. The Labute approximate surface area is 119 Å². The predicted octanol–water partition coefficient (Wildman–Crippen LogP) is 1.67. The van der Waals surface area contributed by atoms with Crippen molar-refractivity contribution in [1.29, 1.82) is 0 Å². The zero-order chi connectivity index (χ0) is 15.4. The van der Waals surface area contributed by atoms with E-state index >= 15 is 0 Å². The van der Waals surface area contributed by atoms with Gasteiger partial charge < -0.3 is 24.8 Å². The summed E-state index contributed by atoms with van der Waals surface area (Å²) in [6.07, 6.45) is -0.0663. The molecule has 116 valence electrons. The van der Waals surface area contributed by atoms with Crippen molar-refractivity contribution in [1.82, 2.24) is 10.2 Å². The number of carbonyl (C=O) groups excluding carboxylic acids is 1. The number of carboxylic acid groups (broad SMARTS) is 1. The normalized spacial score (nSPS) is 16.4. The molecule has 0 atom stereocenters. The summed E-state index contributed by atoms with van der Waals surface area (Å²) >= 11 is 0. The second-order valence-electron chi connectivity index (χ2n) is 6.11. The molecule has 1 fully saturated rings. The van der Waals surface area contributed by atoms with Crippen molar-refractivity contribution in [2.75, 3.05) is 26.8 Å². The molecule has 7 nitrogen and oxygen atoms in total. The van der Waals surface area contributed by atoms with E-state index in [1.54, 1.807) is 27.9 Å². The highest BCUT2D eigenvalue weighted by Crippen LogP contribution is 2.36. The van der Waals surface area contributed by atoms with Gasteiger partial charge in [-0.05, 0) is 33.6 Å². The zero-order valence-corrected chi connectivity index (χ0v) is 12.6. The number of hydrogen-bond donors (Lipinski definition) is 2. The third-order valence-corrected chi connectivity index (χ3v) is 2.94. The summed E-state index contributed by atoms with van der Waals surface area (Å²) in [6.45, 7) is 6.43. The van der Waals surface area contributed by atoms with E-state index in [0.717, 1.165) is 12.8 Å². The largest absolute Gasteiger partial charge is 0.465 e. The van der Waals surface area contributed by atoms with Gasteiger partial charge in [0.05, 0.1) is 12.1 Å². The van der Waals surface area contributed by atoms with Gasteiger partial charge in [-0.1, -0.05) is 0 Å². The third-order valence-electron chi connectivity index (χ3n) is 2.94. The van der Waals surface area contributed by atoms with Crippen LogP contribution in [0.1, 0.15) is 33.6 Å². The van der Waals surface area contributed by atoms with Crippen molar-refractivity contribution in [2.45, 2.75) is 44.8 Å². The number of nitrogens with one attached hydrogen (secondary N) is 1. The minimum atomic E-state index is -1.07. The summed E-state index contributed by atoms with van der Waals surface area (Å²) in [5, 5.41) is 11.3. The average Bonchev–Trinajstić information content (AvgIpc) is 3.00. The molecular weight excluding hydrogens is 264 g/mol. The Balaban J connectivity index is 2.64. The van der Waals surface area contributed by atoms with Crippen LogP contribution in [0.4, 0.5) is 9.59 Å². The van der Waals surface area contributed by atoms with Crippen molar-refractivity contribution >= 4 is 12.2 Å². The van der Waals surface area contributed by atoms with Crippen molar-refractivity contribution in [2.24, 2.45) is 0 Å². The molecule has 7 heteroatoms. The van der Waals surface area contributed by atoms with Crippen molar-refractivity contribution in [3.8, 4) is 0 Å². The quantitative estimate of drug-likeness (QED) is 0.776. The van der Waals surface area contributed by atoms with E-state index in [2.05, 4.69) is 5.32 Å². The zero-order valence-electron chi connectivity index (χ0n) is 12.6. The predicted molar refractivity (Wildman–Crippen MR) is 72.8 cm³/mol. The van der Waals surface area contributed by atoms with Gasteiger partial charge in [-0.15, -0.1) is 0 Å². The fourth-order valence-corrected chi connectivity index (χ4v) is 1.83. The molecule has 1 aliphatic rings. The highest BCUT2D eigenvalue weighted by atomic mass is 16.6. The SMILES string of the molecule is COCCN(CC1(NC(=O)O)CC1)C(=O)OC(C)(C)C. The first-order valence-corrected chi connectivity index (χ1v) is 6.65. The summed E-state index contributed by atoms with van der Waals surface area (Å²) in [5.74, 6) is 0. The minimum Gasteiger partial charge on any atom is -0.465 e. The average molecular weight is 288 g/mol. The van der Waals surface area contributed by atoms with Gasteiger partial charge in [-0.3, -0.25) is 0 Å². The van der Waals surface area contributed by atoms with Crippen LogP contribution in [0.2, 0.25) is 0 Å². The lowest BCUT2D eigenvalue weighted by Crippen LogP contribution is -2.49. The Hall–Kier alpha value is -1.50. The van der Waals surface area contributed by atoms with Crippen LogP contribution in [0.25, 0.3) is 0 Å². The maximum atomic E-state index is 12.1. The van der Waals surface area contributed by atoms with Crippen LogP contribution in [-0.4, -0.2) is 60.1 Å². The molecule has 0 spiro atoms. The molecule has 0 aromatic rings. The summed E-state index contributed by atoms with van der Waals surface area (Å²) < 4.78 is 10.3. The molecule has 0 aromatic carbocycles. The molecule has 1 aliphatic carbocycles. The van der Waals surface area contributed by atoms with Crippen molar-refractivity contribution in [3.05, 3.63) is 0 Å². The van der Waals surface area contributed by atoms with Crippen LogP contribution in [0.5, 0.6) is 0 Å². The second-order valence-corrected chi connectivity index (χ2v) is 6.11. The van der Waals surface area contributed by atoms with E-state index in [-0.39, 0.29) is 0 Å². The maximum absolute atomic E-state index is 12.1. The molecule has 0 bridgehead atoms. The smallest absolute Gasteiger partial charge is 0.410 e. The molecule has 0 saturated heterocycles. The Kier molecular flexibility index (Phi) is 5.21. The number of hydrogen-bond acceptors (Lipinski definition) is 4. The van der Waals surface area contributed by atoms with Gasteiger partial charge in [-0.25, -0.2) is 9.59 Å². The monoisotopic (exact) mass is 288 g/mol. The van der Waals surface area contributed by atoms with E-state index in [1.165, 1.54) is 4.90 Å². The molecule has 20 heavy (non-hydrogen) atoms. The number of amides is 2. The van der Waals surface area contributed by atoms with Crippen molar-refractivity contribution in [3.63, 3.8) is 0 Å². The van der Waals surface area contributed by atoms with Crippen LogP contribution in [-0.2, 0) is 9.47 Å². The Bertz CT molecular complexity index is 360. The number of rotatable bonds is 6. The van der Waals surface area contributed by atoms with E-state index in [0.29, 0.717) is 19.7 Å². The molecule has 1 saturated carbocycles. The summed E-state index contributed by atoms with van der Waals surface area (Å²) in [4.78, 5) is 24.4. The highest BCUT2D eigenvalue weighted by molar-refractivity contribution is 5.69. The Morgan fingerprint density at radius 3 is 2.35 bits per heavy atom. The van der Waals surface area contributed by atoms with Gasteiger partial charge in [0.25, 0.3) is 0 Å². The first-order chi connectivity index (χ1) is 9.17. The van der Waals surface area contributed by atoms with Gasteiger partial charge in [0.1, 0.15) is 5.60 Å². The molecule has 0 radical (unpaired) electrons. The van der Waals surface area contributed by atoms with Crippen LogP contribution >= 0.6 is 0 Å². The van der Waals surface area contributed by atoms with E-state index < -0.39 is 23.3 Å². The number of nitrogens with zero attached hydrogens (tertiary/aromatic N) is 1. The molecule has 2 N–H and O–H groups in total. The third kappa shape index (κ3) is 5.64. The molecule has 0 heterocycles. The lowest BCUT2D eigenvalue weighted by atomic mass is 10.2. The first-order valence-electron chi connectivity index (χ1n) is 6.65. The summed E-state index contributed by atoms with van der Waals surface area (Å²) in [7, 11) is 1.55. The van der Waals surface area contributed by atoms with Crippen LogP contribution in [0, 0.1) is 0 Å². The Morgan fingerprint density at radius 1 is 1.35 bits per heavy atom. The van der Waals surface area contributed by atoms with Crippen LogP contribution < -0.4 is 5.32 Å². The van der Waals surface area contributed by atoms with Gasteiger partial charge in [0.15, 0.2) is 0 Å². The van der Waals surface area contributed by atoms with Gasteiger partial charge in [-0.2, -0.15) is 0 Å². The minimum absolute atomic E-state index is 0.303. The van der Waals surface area contributed by atoms with E-state index in [4.69, 9.17) is 14.6 Å².